The van der Waals surface area contributed by atoms with E-state index in [2.05, 4.69) is 15.5 Å². The van der Waals surface area contributed by atoms with Crippen LogP contribution in [0.1, 0.15) is 32.7 Å². The molecule has 19 heavy (non-hydrogen) atoms. The number of rotatable bonds is 4. The van der Waals surface area contributed by atoms with Crippen molar-refractivity contribution in [3.05, 3.63) is 5.89 Å². The van der Waals surface area contributed by atoms with E-state index in [1.165, 1.54) is 0 Å². The highest BCUT2D eigenvalue weighted by Gasteiger charge is 2.35. The molecule has 108 valence electrons. The summed E-state index contributed by atoms with van der Waals surface area (Å²) in [4.78, 5) is 1.96. The highest BCUT2D eigenvalue weighted by Crippen LogP contribution is 2.26. The maximum Gasteiger partial charge on any atom is 0.318 e. The van der Waals surface area contributed by atoms with Gasteiger partial charge in [-0.2, -0.15) is 0 Å². The predicted octanol–water partition coefficient (Wildman–Crippen LogP) is 0.326. The van der Waals surface area contributed by atoms with Crippen molar-refractivity contribution in [3.8, 4) is 0 Å². The summed E-state index contributed by atoms with van der Waals surface area (Å²) < 4.78 is 11.4. The number of nitrogens with zero attached hydrogens (tertiary/aromatic N) is 3. The fourth-order valence-electron chi connectivity index (χ4n) is 2.19. The molecule has 1 aromatic heterocycles. The van der Waals surface area contributed by atoms with E-state index in [0.717, 1.165) is 0 Å². The minimum atomic E-state index is -0.352. The molecule has 0 radical (unpaired) electrons. The second kappa shape index (κ2) is 5.44. The summed E-state index contributed by atoms with van der Waals surface area (Å²) in [5.41, 5.74) is -0.352. The fraction of sp³-hybridized carbons (Fsp3) is 0.833. The van der Waals surface area contributed by atoms with Gasteiger partial charge in [-0.15, -0.1) is 5.10 Å². The van der Waals surface area contributed by atoms with Crippen molar-refractivity contribution in [2.45, 2.75) is 38.5 Å². The average molecular weight is 270 g/mol. The zero-order valence-electron chi connectivity index (χ0n) is 11.9. The van der Waals surface area contributed by atoms with Gasteiger partial charge in [0.15, 0.2) is 0 Å². The van der Waals surface area contributed by atoms with E-state index in [-0.39, 0.29) is 24.4 Å². The van der Waals surface area contributed by atoms with Crippen LogP contribution in [0.3, 0.4) is 0 Å². The quantitative estimate of drug-likeness (QED) is 0.815. The third-order valence-corrected chi connectivity index (χ3v) is 3.19. The third kappa shape index (κ3) is 3.23. The molecule has 1 saturated heterocycles. The Morgan fingerprint density at radius 2 is 2.26 bits per heavy atom. The Morgan fingerprint density at radius 1 is 1.53 bits per heavy atom. The van der Waals surface area contributed by atoms with E-state index in [4.69, 9.17) is 9.15 Å². The number of anilines is 1. The molecule has 0 bridgehead atoms. The van der Waals surface area contributed by atoms with Crippen LogP contribution in [0.15, 0.2) is 4.42 Å². The van der Waals surface area contributed by atoms with E-state index in [9.17, 15) is 5.11 Å². The smallest absolute Gasteiger partial charge is 0.318 e. The van der Waals surface area contributed by atoms with Crippen LogP contribution in [-0.2, 0) is 4.74 Å². The number of hydrogen-bond donors (Lipinski definition) is 2. The van der Waals surface area contributed by atoms with Crippen molar-refractivity contribution in [2.75, 3.05) is 31.6 Å². The van der Waals surface area contributed by atoms with Gasteiger partial charge in [0.1, 0.15) is 0 Å². The molecule has 2 atom stereocenters. The average Bonchev–Trinajstić information content (AvgIpc) is 2.85. The Bertz CT molecular complexity index is 421. The Hall–Kier alpha value is -1.18. The van der Waals surface area contributed by atoms with Crippen LogP contribution in [0.25, 0.3) is 0 Å². The molecule has 1 aliphatic rings. The molecule has 1 fully saturated rings. The normalized spacial score (nSPS) is 24.5. The van der Waals surface area contributed by atoms with Crippen molar-refractivity contribution >= 4 is 6.01 Å². The maximum absolute atomic E-state index is 9.29. The summed E-state index contributed by atoms with van der Waals surface area (Å²) in [6.07, 6.45) is -0.235. The molecule has 2 unspecified atom stereocenters. The fourth-order valence-corrected chi connectivity index (χ4v) is 2.19. The van der Waals surface area contributed by atoms with Gasteiger partial charge in [-0.1, -0.05) is 5.10 Å². The molecule has 2 N–H and O–H groups in total. The lowest BCUT2D eigenvalue weighted by Gasteiger charge is -2.41. The molecule has 0 spiro atoms. The van der Waals surface area contributed by atoms with Crippen LogP contribution < -0.4 is 10.2 Å². The van der Waals surface area contributed by atoms with Crippen LogP contribution in [0.4, 0.5) is 6.01 Å². The molecular formula is C12H22N4O3. The number of hydrogen-bond acceptors (Lipinski definition) is 7. The number of ether oxygens (including phenoxy) is 1. The second-order valence-corrected chi connectivity index (χ2v) is 5.50. The minimum Gasteiger partial charge on any atom is -0.406 e. The summed E-state index contributed by atoms with van der Waals surface area (Å²) in [6.45, 7) is 7.10. The molecule has 7 heteroatoms. The molecule has 0 saturated carbocycles. The number of nitrogens with one attached hydrogen (secondary N) is 1. The summed E-state index contributed by atoms with van der Waals surface area (Å²) in [7, 11) is 1.84. The van der Waals surface area contributed by atoms with Gasteiger partial charge in [0.2, 0.25) is 5.89 Å². The summed E-state index contributed by atoms with van der Waals surface area (Å²) >= 11 is 0. The maximum atomic E-state index is 9.29. The number of aromatic nitrogens is 2. The van der Waals surface area contributed by atoms with Gasteiger partial charge in [0.05, 0.1) is 37.4 Å². The molecule has 0 aliphatic carbocycles. The predicted molar refractivity (Wildman–Crippen MR) is 70.0 cm³/mol. The standard InChI is InChI=1S/C12H22N4O3/c1-8(13-4)10-14-15-11(18-10)16-5-9(6-17)19-12(2,3)7-16/h8-9,13,17H,5-7H2,1-4H3. The van der Waals surface area contributed by atoms with Crippen LogP contribution in [0.5, 0.6) is 0 Å². The third-order valence-electron chi connectivity index (χ3n) is 3.19. The second-order valence-electron chi connectivity index (χ2n) is 5.50. The number of aliphatic hydroxyl groups is 1. The topological polar surface area (TPSA) is 83.7 Å². The van der Waals surface area contributed by atoms with Crippen molar-refractivity contribution in [2.24, 2.45) is 0 Å². The number of morpholine rings is 1. The van der Waals surface area contributed by atoms with Crippen LogP contribution in [0.2, 0.25) is 0 Å². The summed E-state index contributed by atoms with van der Waals surface area (Å²) in [5, 5.41) is 20.5. The van der Waals surface area contributed by atoms with E-state index in [1.807, 2.05) is 32.7 Å². The highest BCUT2D eigenvalue weighted by molar-refractivity contribution is 5.27. The molecule has 2 rings (SSSR count). The Balaban J connectivity index is 2.14. The van der Waals surface area contributed by atoms with E-state index in [1.54, 1.807) is 0 Å². The van der Waals surface area contributed by atoms with E-state index < -0.39 is 0 Å². The lowest BCUT2D eigenvalue weighted by atomic mass is 10.1. The lowest BCUT2D eigenvalue weighted by Crippen LogP contribution is -2.54. The molecule has 0 aromatic carbocycles. The van der Waals surface area contributed by atoms with Crippen LogP contribution >= 0.6 is 0 Å². The van der Waals surface area contributed by atoms with Crippen molar-refractivity contribution in [1.29, 1.82) is 0 Å². The Kier molecular flexibility index (Phi) is 4.07. The first kappa shape index (κ1) is 14.2. The zero-order valence-corrected chi connectivity index (χ0v) is 11.9. The SMILES string of the molecule is CNC(C)c1nnc(N2CC(CO)OC(C)(C)C2)o1. The van der Waals surface area contributed by atoms with Crippen LogP contribution in [0, 0.1) is 0 Å². The molecule has 7 nitrogen and oxygen atoms in total. The van der Waals surface area contributed by atoms with E-state index in [0.29, 0.717) is 25.0 Å². The molecule has 1 aromatic rings. The largest absolute Gasteiger partial charge is 0.406 e. The van der Waals surface area contributed by atoms with E-state index >= 15 is 0 Å². The van der Waals surface area contributed by atoms with Gasteiger partial charge in [0.25, 0.3) is 0 Å². The first-order valence-corrected chi connectivity index (χ1v) is 6.49. The molecular weight excluding hydrogens is 248 g/mol. The summed E-state index contributed by atoms with van der Waals surface area (Å²) in [6, 6.07) is 0.496. The van der Waals surface area contributed by atoms with Crippen molar-refractivity contribution in [3.63, 3.8) is 0 Å². The van der Waals surface area contributed by atoms with Gasteiger partial charge in [0, 0.05) is 0 Å². The summed E-state index contributed by atoms with van der Waals surface area (Å²) in [5.74, 6) is 0.558. The van der Waals surface area contributed by atoms with Gasteiger partial charge in [-0.25, -0.2) is 0 Å². The zero-order chi connectivity index (χ0) is 14.0. The first-order valence-electron chi connectivity index (χ1n) is 6.49. The monoisotopic (exact) mass is 270 g/mol. The van der Waals surface area contributed by atoms with Crippen molar-refractivity contribution in [1.82, 2.24) is 15.5 Å². The first-order chi connectivity index (χ1) is 8.95. The highest BCUT2D eigenvalue weighted by atomic mass is 16.5. The molecule has 2 heterocycles. The number of aliphatic hydroxyl groups excluding tert-OH is 1. The van der Waals surface area contributed by atoms with Gasteiger partial charge in [-0.3, -0.25) is 0 Å². The molecule has 1 aliphatic heterocycles. The van der Waals surface area contributed by atoms with Crippen molar-refractivity contribution < 1.29 is 14.3 Å². The van der Waals surface area contributed by atoms with Gasteiger partial charge in [-0.05, 0) is 27.8 Å². The minimum absolute atomic E-state index is 0.0175. The Morgan fingerprint density at radius 3 is 2.89 bits per heavy atom. The van der Waals surface area contributed by atoms with Gasteiger partial charge >= 0.3 is 6.01 Å². The van der Waals surface area contributed by atoms with Crippen LogP contribution in [-0.4, -0.2) is 53.8 Å². The lowest BCUT2D eigenvalue weighted by molar-refractivity contribution is -0.102. The molecule has 0 amide bonds. The van der Waals surface area contributed by atoms with Gasteiger partial charge < -0.3 is 24.5 Å². The Labute approximate surface area is 112 Å².